The Labute approximate surface area is 30.1 Å². The Bertz CT molecular complexity index is 45.6. The number of hydrogen-bond acceptors (Lipinski definition) is 2. The molecule has 0 atom stereocenters. The van der Waals surface area contributed by atoms with Crippen molar-refractivity contribution in [3.63, 3.8) is 0 Å². The monoisotopic (exact) mass is 73.0 g/mol. The van der Waals surface area contributed by atoms with Gasteiger partial charge in [-0.1, -0.05) is 0 Å². The van der Waals surface area contributed by atoms with Crippen LogP contribution in [0.5, 0.6) is 0 Å². The lowest BCUT2D eigenvalue weighted by Gasteiger charge is -1.94. The zero-order valence-electron chi connectivity index (χ0n) is 2.93. The van der Waals surface area contributed by atoms with Crippen LogP contribution >= 0.6 is 0 Å². The van der Waals surface area contributed by atoms with Crippen LogP contribution in [0, 0.1) is 0 Å². The molecule has 3 nitrogen and oxygen atoms in total. The van der Waals surface area contributed by atoms with E-state index in [9.17, 15) is 5.11 Å². The molecule has 0 saturated heterocycles. The van der Waals surface area contributed by atoms with Crippen molar-refractivity contribution >= 4 is 6.02 Å². The lowest BCUT2D eigenvalue weighted by molar-refractivity contribution is -0.217. The fraction of sp³-hybridized carbons (Fsp3) is 0.500. The third kappa shape index (κ3) is 3.27. The third-order valence-corrected chi connectivity index (χ3v) is 0.220. The molecular weight excluding hydrogens is 68.0 g/mol. The molecule has 5 heavy (non-hydrogen) atoms. The molecule has 2 N–H and O–H groups in total. The molecule has 0 aromatic carbocycles. The van der Waals surface area contributed by atoms with Crippen molar-refractivity contribution in [2.24, 2.45) is 10.7 Å². The standard InChI is InChI=1S/C2H6N2O/c1-4-2(3)5/h1H3,(H3,3,4,5)/p-1. The van der Waals surface area contributed by atoms with Crippen LogP contribution in [-0.4, -0.2) is 13.1 Å². The zero-order valence-corrected chi connectivity index (χ0v) is 2.93. The van der Waals surface area contributed by atoms with E-state index in [1.54, 1.807) is 0 Å². The quantitative estimate of drug-likeness (QED) is 0.274. The smallest absolute Gasteiger partial charge is 0.0441 e. The molecule has 0 fully saturated rings. The summed E-state index contributed by atoms with van der Waals surface area (Å²) in [7, 11) is 1.35. The highest BCUT2D eigenvalue weighted by molar-refractivity contribution is 5.65. The Hall–Kier alpha value is -0.730. The lowest BCUT2D eigenvalue weighted by atomic mass is 11.2. The second-order valence-corrected chi connectivity index (χ2v) is 0.562. The Morgan fingerprint density at radius 2 is 2.20 bits per heavy atom. The normalized spacial score (nSPS) is 11.8. The highest BCUT2D eigenvalue weighted by Crippen LogP contribution is 1.39. The summed E-state index contributed by atoms with van der Waals surface area (Å²) in [6.45, 7) is 0. The van der Waals surface area contributed by atoms with E-state index in [2.05, 4.69) is 10.7 Å². The van der Waals surface area contributed by atoms with Crippen molar-refractivity contribution < 1.29 is 5.11 Å². The summed E-state index contributed by atoms with van der Waals surface area (Å²) in [6.07, 6.45) is 0. The maximum Gasteiger partial charge on any atom is 0.0441 e. The largest absolute Gasteiger partial charge is 0.847 e. The van der Waals surface area contributed by atoms with E-state index in [-0.39, 0.29) is 0 Å². The molecule has 0 aliphatic rings. The second kappa shape index (κ2) is 1.58. The maximum absolute atomic E-state index is 9.42. The fourth-order valence-corrected chi connectivity index (χ4v) is 0. The van der Waals surface area contributed by atoms with Gasteiger partial charge in [0, 0.05) is 13.1 Å². The van der Waals surface area contributed by atoms with Crippen LogP contribution in [0.15, 0.2) is 4.99 Å². The highest BCUT2D eigenvalue weighted by Gasteiger charge is 1.48. The molecule has 30 valence electrons. The first-order chi connectivity index (χ1) is 2.27. The van der Waals surface area contributed by atoms with Gasteiger partial charge in [0.2, 0.25) is 0 Å². The average Bonchev–Trinajstić information content (AvgIpc) is 1.38. The Morgan fingerprint density at radius 1 is 2.00 bits per heavy atom. The Kier molecular flexibility index (Phi) is 1.35. The molecule has 0 spiro atoms. The van der Waals surface area contributed by atoms with E-state index in [1.807, 2.05) is 0 Å². The van der Waals surface area contributed by atoms with Crippen LogP contribution in [0.25, 0.3) is 0 Å². The molecule has 0 rings (SSSR count). The highest BCUT2D eigenvalue weighted by atomic mass is 16.3. The summed E-state index contributed by atoms with van der Waals surface area (Å²) >= 11 is 0. The van der Waals surface area contributed by atoms with Gasteiger partial charge in [0.05, 0.1) is 0 Å². The number of aliphatic imine (C=N–C) groups is 1. The molecule has 0 heterocycles. The van der Waals surface area contributed by atoms with Crippen LogP contribution in [0.1, 0.15) is 0 Å². The molecule has 0 amide bonds. The first-order valence-corrected chi connectivity index (χ1v) is 1.16. The second-order valence-electron chi connectivity index (χ2n) is 0.562. The average molecular weight is 73.1 g/mol. The van der Waals surface area contributed by atoms with Crippen LogP contribution in [0.3, 0.4) is 0 Å². The number of amidine groups is 1. The zero-order chi connectivity index (χ0) is 4.28. The van der Waals surface area contributed by atoms with E-state index in [0.717, 1.165) is 0 Å². The van der Waals surface area contributed by atoms with Crippen LogP contribution in [-0.2, 0) is 0 Å². The summed E-state index contributed by atoms with van der Waals surface area (Å²) in [5.41, 5.74) is 4.49. The predicted octanol–water partition coefficient (Wildman–Crippen LogP) is -1.71. The summed E-state index contributed by atoms with van der Waals surface area (Å²) < 4.78 is 0. The summed E-state index contributed by atoms with van der Waals surface area (Å²) in [4.78, 5) is 3.03. The molecule has 3 heteroatoms. The van der Waals surface area contributed by atoms with Gasteiger partial charge in [-0.15, -0.1) is 0 Å². The third-order valence-electron chi connectivity index (χ3n) is 0.220. The SMILES string of the molecule is CN=C(N)[O-]. The van der Waals surface area contributed by atoms with Crippen molar-refractivity contribution in [3.05, 3.63) is 0 Å². The number of hydrogen-bond donors (Lipinski definition) is 1. The number of rotatable bonds is 0. The maximum atomic E-state index is 9.42. The number of nitrogens with two attached hydrogens (primary N) is 1. The van der Waals surface area contributed by atoms with E-state index in [1.165, 1.54) is 7.05 Å². The Balaban J connectivity index is 3.14. The molecule has 0 aromatic heterocycles. The molecule has 0 radical (unpaired) electrons. The topological polar surface area (TPSA) is 61.4 Å². The first-order valence-electron chi connectivity index (χ1n) is 1.16. The van der Waals surface area contributed by atoms with Gasteiger partial charge < -0.3 is 10.8 Å². The molecular formula is C2H5N2O-. The van der Waals surface area contributed by atoms with Gasteiger partial charge in [0.15, 0.2) is 0 Å². The molecule has 0 aliphatic carbocycles. The minimum absolute atomic E-state index is 0.620. The van der Waals surface area contributed by atoms with E-state index >= 15 is 0 Å². The first kappa shape index (κ1) is 4.27. The van der Waals surface area contributed by atoms with Gasteiger partial charge in [-0.25, -0.2) is 0 Å². The van der Waals surface area contributed by atoms with Crippen LogP contribution in [0.2, 0.25) is 0 Å². The van der Waals surface area contributed by atoms with E-state index in [4.69, 9.17) is 0 Å². The number of nitrogens with zero attached hydrogens (tertiary/aromatic N) is 1. The van der Waals surface area contributed by atoms with E-state index < -0.39 is 6.02 Å². The Morgan fingerprint density at radius 3 is 2.20 bits per heavy atom. The van der Waals surface area contributed by atoms with Crippen molar-refractivity contribution in [2.75, 3.05) is 7.05 Å². The van der Waals surface area contributed by atoms with Gasteiger partial charge in [0.1, 0.15) is 0 Å². The van der Waals surface area contributed by atoms with Gasteiger partial charge in [-0.05, 0) is 0 Å². The molecule has 0 saturated carbocycles. The van der Waals surface area contributed by atoms with Gasteiger partial charge in [0.25, 0.3) is 0 Å². The predicted molar refractivity (Wildman–Crippen MR) is 17.5 cm³/mol. The molecule has 0 bridgehead atoms. The van der Waals surface area contributed by atoms with Crippen molar-refractivity contribution in [3.8, 4) is 0 Å². The minimum atomic E-state index is -0.620. The van der Waals surface area contributed by atoms with Crippen molar-refractivity contribution in [1.82, 2.24) is 0 Å². The summed E-state index contributed by atoms with van der Waals surface area (Å²) in [5, 5.41) is 9.42. The summed E-state index contributed by atoms with van der Waals surface area (Å²) in [5.74, 6) is 0. The van der Waals surface area contributed by atoms with E-state index in [0.29, 0.717) is 0 Å². The van der Waals surface area contributed by atoms with Gasteiger partial charge in [-0.2, -0.15) is 0 Å². The molecule has 0 unspecified atom stereocenters. The summed E-state index contributed by atoms with van der Waals surface area (Å²) in [6, 6.07) is -0.620. The molecule has 0 aromatic rings. The van der Waals surface area contributed by atoms with Crippen LogP contribution < -0.4 is 10.8 Å². The van der Waals surface area contributed by atoms with Gasteiger partial charge in [-0.3, -0.25) is 4.99 Å². The lowest BCUT2D eigenvalue weighted by Crippen LogP contribution is -2.26. The minimum Gasteiger partial charge on any atom is -0.847 e. The van der Waals surface area contributed by atoms with Crippen molar-refractivity contribution in [2.45, 2.75) is 0 Å². The fourth-order valence-electron chi connectivity index (χ4n) is 0. The molecule has 0 aliphatic heterocycles. The van der Waals surface area contributed by atoms with Gasteiger partial charge >= 0.3 is 0 Å². The van der Waals surface area contributed by atoms with Crippen LogP contribution in [0.4, 0.5) is 0 Å². The van der Waals surface area contributed by atoms with Crippen molar-refractivity contribution in [1.29, 1.82) is 0 Å².